The molecule has 0 aliphatic carbocycles. The molecule has 6 heteroatoms. The molecule has 3 nitrogen and oxygen atoms in total. The van der Waals surface area contributed by atoms with E-state index in [1.807, 2.05) is 19.1 Å². The van der Waals surface area contributed by atoms with Crippen molar-refractivity contribution in [3.8, 4) is 11.5 Å². The van der Waals surface area contributed by atoms with E-state index in [0.717, 1.165) is 16.6 Å². The first-order valence-electron chi connectivity index (χ1n) is 9.75. The first kappa shape index (κ1) is 22.6. The minimum absolute atomic E-state index is 0.00913. The summed E-state index contributed by atoms with van der Waals surface area (Å²) in [5.41, 5.74) is 3.84. The van der Waals surface area contributed by atoms with Gasteiger partial charge in [-0.1, -0.05) is 47.5 Å². The number of hydrogen-bond acceptors (Lipinski definition) is 3. The van der Waals surface area contributed by atoms with Crippen molar-refractivity contribution >= 4 is 27.5 Å². The third-order valence-electron chi connectivity index (χ3n) is 4.57. The van der Waals surface area contributed by atoms with Gasteiger partial charge >= 0.3 is 0 Å². The average Bonchev–Trinajstić information content (AvgIpc) is 2.71. The minimum atomic E-state index is -0.395. The molecule has 158 valence electrons. The molecule has 0 amide bonds. The van der Waals surface area contributed by atoms with Crippen LogP contribution in [0.1, 0.15) is 29.2 Å². The van der Waals surface area contributed by atoms with Gasteiger partial charge in [0.2, 0.25) is 0 Å². The standard InChI is InChI=1S/C24H24BrClFNO2/c1-3-29-23-12-18(14-28-13-17-9-7-16(2)8-10-17)11-20(25)24(23)30-15-19-21(26)5-4-6-22(19)27/h4-12,28H,3,13-15H2,1-2H3. The molecule has 0 fully saturated rings. The molecule has 0 atom stereocenters. The Morgan fingerprint density at radius 3 is 2.43 bits per heavy atom. The highest BCUT2D eigenvalue weighted by atomic mass is 79.9. The van der Waals surface area contributed by atoms with E-state index in [2.05, 4.69) is 52.4 Å². The van der Waals surface area contributed by atoms with Crippen molar-refractivity contribution < 1.29 is 13.9 Å². The fourth-order valence-corrected chi connectivity index (χ4v) is 3.82. The lowest BCUT2D eigenvalue weighted by Crippen LogP contribution is -2.13. The summed E-state index contributed by atoms with van der Waals surface area (Å²) in [6, 6.07) is 16.9. The SMILES string of the molecule is CCOc1cc(CNCc2ccc(C)cc2)cc(Br)c1OCc1c(F)cccc1Cl. The van der Waals surface area contributed by atoms with Crippen LogP contribution in [0.25, 0.3) is 0 Å². The molecule has 3 aromatic rings. The molecule has 0 aromatic heterocycles. The maximum atomic E-state index is 14.1. The number of nitrogens with one attached hydrogen (secondary N) is 1. The molecule has 3 rings (SSSR count). The van der Waals surface area contributed by atoms with Gasteiger partial charge in [0, 0.05) is 18.7 Å². The third kappa shape index (κ3) is 5.97. The molecular formula is C24H24BrClFNO2. The molecule has 0 saturated carbocycles. The van der Waals surface area contributed by atoms with E-state index in [1.165, 1.54) is 17.2 Å². The number of ether oxygens (including phenoxy) is 2. The van der Waals surface area contributed by atoms with Crippen molar-refractivity contribution in [2.75, 3.05) is 6.61 Å². The molecule has 0 heterocycles. The molecule has 0 aliphatic rings. The monoisotopic (exact) mass is 491 g/mol. The minimum Gasteiger partial charge on any atom is -0.490 e. The first-order valence-corrected chi connectivity index (χ1v) is 10.9. The van der Waals surface area contributed by atoms with E-state index >= 15 is 0 Å². The average molecular weight is 493 g/mol. The first-order chi connectivity index (χ1) is 14.5. The van der Waals surface area contributed by atoms with Gasteiger partial charge in [-0.15, -0.1) is 0 Å². The highest BCUT2D eigenvalue weighted by Gasteiger charge is 2.15. The number of benzene rings is 3. The topological polar surface area (TPSA) is 30.5 Å². The molecule has 1 N–H and O–H groups in total. The lowest BCUT2D eigenvalue weighted by molar-refractivity contribution is 0.264. The maximum Gasteiger partial charge on any atom is 0.175 e. The summed E-state index contributed by atoms with van der Waals surface area (Å²) < 4.78 is 26.5. The van der Waals surface area contributed by atoms with Gasteiger partial charge in [-0.25, -0.2) is 4.39 Å². The Labute approximate surface area is 190 Å². The van der Waals surface area contributed by atoms with E-state index in [-0.39, 0.29) is 6.61 Å². The van der Waals surface area contributed by atoms with E-state index in [4.69, 9.17) is 21.1 Å². The third-order valence-corrected chi connectivity index (χ3v) is 5.51. The van der Waals surface area contributed by atoms with E-state index in [1.54, 1.807) is 12.1 Å². The summed E-state index contributed by atoms with van der Waals surface area (Å²) in [4.78, 5) is 0. The zero-order valence-corrected chi connectivity index (χ0v) is 19.3. The van der Waals surface area contributed by atoms with Gasteiger partial charge in [-0.05, 0) is 65.2 Å². The summed E-state index contributed by atoms with van der Waals surface area (Å²) in [7, 11) is 0. The Balaban J connectivity index is 1.70. The van der Waals surface area contributed by atoms with Crippen LogP contribution in [-0.4, -0.2) is 6.61 Å². The predicted octanol–water partition coefficient (Wildman–Crippen LogP) is 6.82. The molecular weight excluding hydrogens is 469 g/mol. The van der Waals surface area contributed by atoms with Crippen LogP contribution in [0, 0.1) is 12.7 Å². The van der Waals surface area contributed by atoms with Gasteiger partial charge in [-0.2, -0.15) is 0 Å². The molecule has 30 heavy (non-hydrogen) atoms. The Hall–Kier alpha value is -2.08. The van der Waals surface area contributed by atoms with Crippen LogP contribution in [0.3, 0.4) is 0 Å². The highest BCUT2D eigenvalue weighted by Crippen LogP contribution is 2.38. The normalized spacial score (nSPS) is 10.8. The molecule has 0 radical (unpaired) electrons. The molecule has 0 unspecified atom stereocenters. The summed E-state index contributed by atoms with van der Waals surface area (Å²) >= 11 is 9.67. The van der Waals surface area contributed by atoms with Crippen LogP contribution < -0.4 is 14.8 Å². The summed E-state index contributed by atoms with van der Waals surface area (Å²) in [6.45, 7) is 5.93. The lowest BCUT2D eigenvalue weighted by Gasteiger charge is -2.16. The van der Waals surface area contributed by atoms with Gasteiger partial charge in [0.25, 0.3) is 0 Å². The second-order valence-corrected chi connectivity index (χ2v) is 8.18. The number of hydrogen-bond donors (Lipinski definition) is 1. The number of aryl methyl sites for hydroxylation is 1. The quantitative estimate of drug-likeness (QED) is 0.356. The second-order valence-electron chi connectivity index (χ2n) is 6.92. The fourth-order valence-electron chi connectivity index (χ4n) is 3.00. The van der Waals surface area contributed by atoms with Crippen molar-refractivity contribution in [2.24, 2.45) is 0 Å². The lowest BCUT2D eigenvalue weighted by atomic mass is 10.1. The highest BCUT2D eigenvalue weighted by molar-refractivity contribution is 9.10. The fraction of sp³-hybridized carbons (Fsp3) is 0.250. The van der Waals surface area contributed by atoms with Crippen LogP contribution in [0.5, 0.6) is 11.5 Å². The van der Waals surface area contributed by atoms with Crippen molar-refractivity contribution in [3.63, 3.8) is 0 Å². The van der Waals surface area contributed by atoms with Crippen LogP contribution in [0.4, 0.5) is 4.39 Å². The summed E-state index contributed by atoms with van der Waals surface area (Å²) in [6.07, 6.45) is 0. The molecule has 0 spiro atoms. The van der Waals surface area contributed by atoms with Crippen LogP contribution in [0.15, 0.2) is 59.1 Å². The van der Waals surface area contributed by atoms with Crippen molar-refractivity contribution in [2.45, 2.75) is 33.5 Å². The Kier molecular flexibility index (Phi) is 8.14. The molecule has 0 saturated heterocycles. The Morgan fingerprint density at radius 2 is 1.73 bits per heavy atom. The maximum absolute atomic E-state index is 14.1. The van der Waals surface area contributed by atoms with Gasteiger partial charge in [0.1, 0.15) is 12.4 Å². The van der Waals surface area contributed by atoms with Gasteiger partial charge in [0.05, 0.1) is 16.1 Å². The largest absolute Gasteiger partial charge is 0.490 e. The van der Waals surface area contributed by atoms with Crippen LogP contribution in [-0.2, 0) is 19.7 Å². The Morgan fingerprint density at radius 1 is 1.00 bits per heavy atom. The molecule has 0 aliphatic heterocycles. The van der Waals surface area contributed by atoms with Gasteiger partial charge < -0.3 is 14.8 Å². The molecule has 3 aromatic carbocycles. The zero-order valence-electron chi connectivity index (χ0n) is 17.0. The molecule has 0 bridgehead atoms. The Bertz CT molecular complexity index is 975. The van der Waals surface area contributed by atoms with Crippen molar-refractivity contribution in [3.05, 3.63) is 92.2 Å². The van der Waals surface area contributed by atoms with Crippen LogP contribution >= 0.6 is 27.5 Å². The number of rotatable bonds is 9. The summed E-state index contributed by atoms with van der Waals surface area (Å²) in [5.74, 6) is 0.735. The summed E-state index contributed by atoms with van der Waals surface area (Å²) in [5, 5.41) is 3.78. The van der Waals surface area contributed by atoms with E-state index in [0.29, 0.717) is 35.2 Å². The van der Waals surface area contributed by atoms with Crippen molar-refractivity contribution in [1.82, 2.24) is 5.32 Å². The van der Waals surface area contributed by atoms with Crippen LogP contribution in [0.2, 0.25) is 5.02 Å². The van der Waals surface area contributed by atoms with Crippen molar-refractivity contribution in [1.29, 1.82) is 0 Å². The van der Waals surface area contributed by atoms with E-state index < -0.39 is 5.82 Å². The zero-order chi connectivity index (χ0) is 21.5. The van der Waals surface area contributed by atoms with E-state index in [9.17, 15) is 4.39 Å². The van der Waals surface area contributed by atoms with Gasteiger partial charge in [-0.3, -0.25) is 0 Å². The number of halogens is 3. The smallest absolute Gasteiger partial charge is 0.175 e. The second kappa shape index (κ2) is 10.8. The predicted molar refractivity (Wildman–Crippen MR) is 123 cm³/mol. The van der Waals surface area contributed by atoms with Gasteiger partial charge in [0.15, 0.2) is 11.5 Å².